The number of nitrogens with zero attached hydrogens (tertiary/aromatic N) is 3. The molecule has 1 N–H and O–H groups in total. The molecule has 3 aromatic rings. The molecule has 2 aromatic heterocycles. The SMILES string of the molecule is COCCN1C(=S)N[C@@H](c2ccccn2)[C@@H]1c1cccn1-c1cccc(Br)c1. The van der Waals surface area contributed by atoms with Gasteiger partial charge in [0.25, 0.3) is 0 Å². The lowest BCUT2D eigenvalue weighted by atomic mass is 10.0. The van der Waals surface area contributed by atoms with Crippen LogP contribution < -0.4 is 5.32 Å². The van der Waals surface area contributed by atoms with Crippen LogP contribution in [-0.4, -0.2) is 39.8 Å². The summed E-state index contributed by atoms with van der Waals surface area (Å²) in [6, 6.07) is 18.5. The Hall–Kier alpha value is -2.22. The van der Waals surface area contributed by atoms with E-state index in [0.717, 1.165) is 26.7 Å². The van der Waals surface area contributed by atoms with Crippen LogP contribution in [0.5, 0.6) is 0 Å². The van der Waals surface area contributed by atoms with Gasteiger partial charge in [-0.3, -0.25) is 4.98 Å². The van der Waals surface area contributed by atoms with E-state index in [1.807, 2.05) is 36.5 Å². The van der Waals surface area contributed by atoms with Crippen LogP contribution in [-0.2, 0) is 4.74 Å². The van der Waals surface area contributed by atoms with Crippen molar-refractivity contribution < 1.29 is 4.74 Å². The Morgan fingerprint density at radius 2 is 2.07 bits per heavy atom. The van der Waals surface area contributed by atoms with E-state index >= 15 is 0 Å². The van der Waals surface area contributed by atoms with Gasteiger partial charge in [0.2, 0.25) is 0 Å². The van der Waals surface area contributed by atoms with Crippen molar-refractivity contribution in [3.63, 3.8) is 0 Å². The number of hydrogen-bond donors (Lipinski definition) is 1. The molecule has 1 aromatic carbocycles. The lowest BCUT2D eigenvalue weighted by Gasteiger charge is -2.28. The van der Waals surface area contributed by atoms with Crippen LogP contribution in [0.4, 0.5) is 0 Å². The number of hydrogen-bond acceptors (Lipinski definition) is 3. The van der Waals surface area contributed by atoms with Crippen LogP contribution in [0.15, 0.2) is 71.5 Å². The lowest BCUT2D eigenvalue weighted by Crippen LogP contribution is -2.33. The first-order valence-corrected chi connectivity index (χ1v) is 10.3. The number of thiocarbonyl (C=S) groups is 1. The Kier molecular flexibility index (Phi) is 5.75. The second-order valence-electron chi connectivity index (χ2n) is 6.60. The minimum absolute atomic E-state index is 0.00605. The maximum absolute atomic E-state index is 5.68. The van der Waals surface area contributed by atoms with Gasteiger partial charge >= 0.3 is 0 Å². The van der Waals surface area contributed by atoms with Crippen molar-refractivity contribution in [3.8, 4) is 5.69 Å². The summed E-state index contributed by atoms with van der Waals surface area (Å²) in [6.07, 6.45) is 3.91. The highest BCUT2D eigenvalue weighted by atomic mass is 79.9. The second-order valence-corrected chi connectivity index (χ2v) is 7.90. The topological polar surface area (TPSA) is 42.3 Å². The highest BCUT2D eigenvalue weighted by Crippen LogP contribution is 2.39. The summed E-state index contributed by atoms with van der Waals surface area (Å²) in [4.78, 5) is 6.79. The van der Waals surface area contributed by atoms with E-state index in [1.165, 1.54) is 0 Å². The van der Waals surface area contributed by atoms with Crippen molar-refractivity contribution in [3.05, 3.63) is 82.9 Å². The molecule has 0 bridgehead atoms. The molecule has 0 saturated carbocycles. The molecule has 2 atom stereocenters. The Morgan fingerprint density at radius 1 is 1.18 bits per heavy atom. The quantitative estimate of drug-likeness (QED) is 0.561. The van der Waals surface area contributed by atoms with Crippen molar-refractivity contribution >= 4 is 33.3 Å². The van der Waals surface area contributed by atoms with Crippen LogP contribution in [0, 0.1) is 0 Å². The fraction of sp³-hybridized carbons (Fsp3) is 0.238. The molecule has 1 saturated heterocycles. The number of rotatable bonds is 6. The zero-order valence-corrected chi connectivity index (χ0v) is 17.9. The van der Waals surface area contributed by atoms with Crippen molar-refractivity contribution in [2.45, 2.75) is 12.1 Å². The maximum atomic E-state index is 5.68. The lowest BCUT2D eigenvalue weighted by molar-refractivity contribution is 0.163. The highest BCUT2D eigenvalue weighted by Gasteiger charge is 2.40. The van der Waals surface area contributed by atoms with E-state index in [0.29, 0.717) is 13.2 Å². The predicted octanol–water partition coefficient (Wildman–Crippen LogP) is 4.25. The number of pyridine rings is 1. The molecular weight excluding hydrogens is 436 g/mol. The molecule has 4 rings (SSSR count). The smallest absolute Gasteiger partial charge is 0.170 e. The summed E-state index contributed by atoms with van der Waals surface area (Å²) in [6.45, 7) is 1.31. The minimum Gasteiger partial charge on any atom is -0.383 e. The summed E-state index contributed by atoms with van der Waals surface area (Å²) in [5.74, 6) is 0. The molecule has 1 aliphatic rings. The molecule has 28 heavy (non-hydrogen) atoms. The molecule has 0 aliphatic carbocycles. The van der Waals surface area contributed by atoms with Crippen molar-refractivity contribution in [1.82, 2.24) is 19.8 Å². The molecule has 0 unspecified atom stereocenters. The number of benzene rings is 1. The van der Waals surface area contributed by atoms with E-state index in [2.05, 4.69) is 66.2 Å². The van der Waals surface area contributed by atoms with Crippen LogP contribution >= 0.6 is 28.1 Å². The summed E-state index contributed by atoms with van der Waals surface area (Å²) in [7, 11) is 1.71. The van der Waals surface area contributed by atoms with Crippen molar-refractivity contribution in [1.29, 1.82) is 0 Å². The van der Waals surface area contributed by atoms with Gasteiger partial charge in [0, 0.05) is 41.9 Å². The molecule has 0 spiro atoms. The van der Waals surface area contributed by atoms with Gasteiger partial charge in [0.15, 0.2) is 5.11 Å². The van der Waals surface area contributed by atoms with Crippen molar-refractivity contribution in [2.24, 2.45) is 0 Å². The number of halogens is 1. The van der Waals surface area contributed by atoms with Gasteiger partial charge in [-0.2, -0.15) is 0 Å². The van der Waals surface area contributed by atoms with Gasteiger partial charge in [-0.25, -0.2) is 0 Å². The molecule has 1 aliphatic heterocycles. The predicted molar refractivity (Wildman–Crippen MR) is 118 cm³/mol. The first-order valence-electron chi connectivity index (χ1n) is 9.09. The summed E-state index contributed by atoms with van der Waals surface area (Å²) < 4.78 is 8.58. The third kappa shape index (κ3) is 3.70. The molecular formula is C21H21BrN4OS. The molecule has 0 radical (unpaired) electrons. The maximum Gasteiger partial charge on any atom is 0.170 e. The van der Waals surface area contributed by atoms with Gasteiger partial charge in [-0.05, 0) is 54.7 Å². The van der Waals surface area contributed by atoms with Gasteiger partial charge in [0.05, 0.1) is 24.4 Å². The molecule has 144 valence electrons. The van der Waals surface area contributed by atoms with Gasteiger partial charge < -0.3 is 19.5 Å². The van der Waals surface area contributed by atoms with Crippen LogP contribution in [0.25, 0.3) is 5.69 Å². The fourth-order valence-corrected chi connectivity index (χ4v) is 4.37. The van der Waals surface area contributed by atoms with E-state index in [1.54, 1.807) is 7.11 Å². The molecule has 7 heteroatoms. The summed E-state index contributed by atoms with van der Waals surface area (Å²) >= 11 is 9.25. The average molecular weight is 457 g/mol. The largest absolute Gasteiger partial charge is 0.383 e. The molecule has 1 fully saturated rings. The van der Waals surface area contributed by atoms with Gasteiger partial charge in [0.1, 0.15) is 0 Å². The van der Waals surface area contributed by atoms with Crippen molar-refractivity contribution in [2.75, 3.05) is 20.3 Å². The molecule has 3 heterocycles. The van der Waals surface area contributed by atoms with E-state index in [-0.39, 0.29) is 12.1 Å². The number of methoxy groups -OCH3 is 1. The molecule has 0 amide bonds. The summed E-state index contributed by atoms with van der Waals surface area (Å²) in [5.41, 5.74) is 3.22. The van der Waals surface area contributed by atoms with E-state index in [9.17, 15) is 0 Å². The average Bonchev–Trinajstić information content (AvgIpc) is 3.31. The first-order chi connectivity index (χ1) is 13.7. The van der Waals surface area contributed by atoms with E-state index < -0.39 is 0 Å². The Morgan fingerprint density at radius 3 is 2.82 bits per heavy atom. The van der Waals surface area contributed by atoms with Crippen LogP contribution in [0.2, 0.25) is 0 Å². The minimum atomic E-state index is -0.0358. The van der Waals surface area contributed by atoms with Gasteiger partial charge in [-0.15, -0.1) is 0 Å². The van der Waals surface area contributed by atoms with Crippen LogP contribution in [0.1, 0.15) is 23.5 Å². The Labute approximate surface area is 178 Å². The fourth-order valence-electron chi connectivity index (χ4n) is 3.65. The number of aromatic nitrogens is 2. The second kappa shape index (κ2) is 8.43. The summed E-state index contributed by atoms with van der Waals surface area (Å²) in [5, 5.41) is 4.20. The van der Waals surface area contributed by atoms with E-state index in [4.69, 9.17) is 17.0 Å². The Balaban J connectivity index is 1.79. The zero-order valence-electron chi connectivity index (χ0n) is 15.5. The molecule has 5 nitrogen and oxygen atoms in total. The van der Waals surface area contributed by atoms with Gasteiger partial charge in [-0.1, -0.05) is 28.1 Å². The first kappa shape index (κ1) is 19.1. The third-order valence-corrected chi connectivity index (χ3v) is 5.75. The highest BCUT2D eigenvalue weighted by molar-refractivity contribution is 9.10. The Bertz CT molecular complexity index is 962. The standard InChI is InChI=1S/C21H21BrN4OS/c1-27-13-12-26-20(19(24-21(26)28)17-8-2-3-10-23-17)18-9-5-11-25(18)16-7-4-6-15(22)14-16/h2-11,14,19-20H,12-13H2,1H3,(H,24,28)/t19-,20-/m0/s1. The number of ether oxygens (including phenoxy) is 1. The third-order valence-electron chi connectivity index (χ3n) is 4.90. The zero-order chi connectivity index (χ0) is 19.5. The number of nitrogens with one attached hydrogen (secondary N) is 1. The monoisotopic (exact) mass is 456 g/mol. The normalized spacial score (nSPS) is 19.1. The van der Waals surface area contributed by atoms with Crippen LogP contribution in [0.3, 0.4) is 0 Å².